The van der Waals surface area contributed by atoms with Crippen LogP contribution in [0.1, 0.15) is 78.6 Å². The second-order valence-corrected chi connectivity index (χ2v) is 10.3. The van der Waals surface area contributed by atoms with Gasteiger partial charge in [0.25, 0.3) is 0 Å². The lowest BCUT2D eigenvalue weighted by Crippen LogP contribution is -2.70. The van der Waals surface area contributed by atoms with Crippen molar-refractivity contribution in [3.63, 3.8) is 0 Å². The summed E-state index contributed by atoms with van der Waals surface area (Å²) in [6.07, 6.45) is 5.22. The van der Waals surface area contributed by atoms with E-state index in [9.17, 15) is 9.59 Å². The van der Waals surface area contributed by atoms with E-state index in [1.165, 1.54) is 0 Å². The van der Waals surface area contributed by atoms with Gasteiger partial charge in [-0.1, -0.05) is 13.8 Å². The third-order valence-electron chi connectivity index (χ3n) is 7.97. The van der Waals surface area contributed by atoms with E-state index in [1.807, 2.05) is 6.92 Å². The monoisotopic (exact) mass is 470 g/mol. The number of carboxylic acids is 1. The topological polar surface area (TPSA) is 110 Å². The minimum absolute atomic E-state index is 0.0886. The molecule has 0 unspecified atom stereocenters. The molecule has 2 bridgehead atoms. The standard InChI is InChI=1S/C24H38O9/c1-15-7-8-18-16(2)21(29-14-6-4-5-13-28-20(27)10-9-19(25)26)30-22-24(18)17(15)11-12-23(3,31-22)32-33-24/h15-18,21-22H,4-14H2,1-3H3,(H,25,26)/t15-,16-,17+,18+,21+,22-,23-,24-/m1/s1. The molecule has 0 amide bonds. The number of esters is 1. The average molecular weight is 471 g/mol. The number of rotatable bonds is 10. The molecule has 1 N–H and O–H groups in total. The van der Waals surface area contributed by atoms with E-state index >= 15 is 0 Å². The molecule has 5 fully saturated rings. The molecule has 9 heteroatoms. The maximum absolute atomic E-state index is 11.4. The number of fused-ring (bicyclic) bond motifs is 2. The van der Waals surface area contributed by atoms with Crippen LogP contribution in [-0.2, 0) is 38.3 Å². The number of carbonyl (C=O) groups excluding carboxylic acids is 1. The largest absolute Gasteiger partial charge is 0.481 e. The lowest BCUT2D eigenvalue weighted by molar-refractivity contribution is -0.577. The molecule has 8 atom stereocenters. The molecule has 4 aliphatic heterocycles. The van der Waals surface area contributed by atoms with E-state index < -0.39 is 29.6 Å². The van der Waals surface area contributed by atoms with Gasteiger partial charge in [0, 0.05) is 24.9 Å². The zero-order valence-corrected chi connectivity index (χ0v) is 20.0. The molecule has 4 saturated heterocycles. The summed E-state index contributed by atoms with van der Waals surface area (Å²) in [5.74, 6) is -0.983. The van der Waals surface area contributed by atoms with E-state index in [2.05, 4.69) is 13.8 Å². The van der Waals surface area contributed by atoms with E-state index in [1.54, 1.807) is 0 Å². The zero-order valence-electron chi connectivity index (χ0n) is 20.0. The highest BCUT2D eigenvalue weighted by Crippen LogP contribution is 2.60. The summed E-state index contributed by atoms with van der Waals surface area (Å²) in [6.45, 7) is 7.23. The van der Waals surface area contributed by atoms with Crippen LogP contribution in [0.2, 0.25) is 0 Å². The number of carboxylic acid groups (broad SMARTS) is 1. The molecule has 33 heavy (non-hydrogen) atoms. The van der Waals surface area contributed by atoms with Gasteiger partial charge in [-0.15, -0.1) is 0 Å². The van der Waals surface area contributed by atoms with Gasteiger partial charge in [0.15, 0.2) is 18.2 Å². The molecular weight excluding hydrogens is 432 g/mol. The van der Waals surface area contributed by atoms with Crippen molar-refractivity contribution in [2.24, 2.45) is 23.7 Å². The quantitative estimate of drug-likeness (QED) is 0.290. The molecule has 0 aromatic rings. The molecule has 9 nitrogen and oxygen atoms in total. The Morgan fingerprint density at radius 3 is 2.58 bits per heavy atom. The number of aliphatic carboxylic acids is 1. The summed E-state index contributed by atoms with van der Waals surface area (Å²) < 4.78 is 24.0. The molecule has 0 radical (unpaired) electrons. The van der Waals surface area contributed by atoms with Gasteiger partial charge < -0.3 is 24.1 Å². The maximum Gasteiger partial charge on any atom is 0.306 e. The van der Waals surface area contributed by atoms with E-state index in [0.29, 0.717) is 31.5 Å². The zero-order chi connectivity index (χ0) is 23.6. The van der Waals surface area contributed by atoms with Crippen molar-refractivity contribution in [2.45, 2.75) is 103 Å². The van der Waals surface area contributed by atoms with Crippen LogP contribution in [0, 0.1) is 23.7 Å². The Kier molecular flexibility index (Phi) is 7.65. The molecule has 188 valence electrons. The van der Waals surface area contributed by atoms with Crippen molar-refractivity contribution in [1.82, 2.24) is 0 Å². The lowest BCUT2D eigenvalue weighted by Gasteiger charge is -2.60. The molecule has 1 saturated carbocycles. The lowest BCUT2D eigenvalue weighted by atomic mass is 9.58. The molecule has 0 aromatic heterocycles. The van der Waals surface area contributed by atoms with Crippen LogP contribution in [0.15, 0.2) is 0 Å². The Bertz CT molecular complexity index is 714. The third kappa shape index (κ3) is 5.07. The van der Waals surface area contributed by atoms with Gasteiger partial charge in [0.2, 0.25) is 5.79 Å². The fourth-order valence-electron chi connectivity index (χ4n) is 6.11. The summed E-state index contributed by atoms with van der Waals surface area (Å²) in [4.78, 5) is 33.9. The van der Waals surface area contributed by atoms with Crippen LogP contribution in [0.3, 0.4) is 0 Å². The second-order valence-electron chi connectivity index (χ2n) is 10.3. The van der Waals surface area contributed by atoms with E-state index in [-0.39, 0.29) is 31.0 Å². The van der Waals surface area contributed by atoms with E-state index in [0.717, 1.165) is 38.5 Å². The molecular formula is C24H38O9. The Morgan fingerprint density at radius 1 is 1.00 bits per heavy atom. The summed E-state index contributed by atoms with van der Waals surface area (Å²) in [5, 5.41) is 8.59. The maximum atomic E-state index is 11.4. The highest BCUT2D eigenvalue weighted by Gasteiger charge is 2.69. The Morgan fingerprint density at radius 2 is 1.79 bits per heavy atom. The first kappa shape index (κ1) is 24.9. The molecule has 5 rings (SSSR count). The minimum Gasteiger partial charge on any atom is -0.481 e. The van der Waals surface area contributed by atoms with Gasteiger partial charge in [0.05, 0.1) is 19.4 Å². The summed E-state index contributed by atoms with van der Waals surface area (Å²) in [6, 6.07) is 0. The van der Waals surface area contributed by atoms with Gasteiger partial charge in [-0.3, -0.25) is 9.59 Å². The SMILES string of the molecule is C[C@H]1[C@@H](OCCCCCOC(=O)CCC(=O)O)O[C@@H]2O[C@@]3(C)CC[C@H]4[C@H](C)CC[C@@H]1[C@@]24OO3. The Balaban J connectivity index is 1.25. The Hall–Kier alpha value is -1.26. The van der Waals surface area contributed by atoms with Crippen LogP contribution in [0.5, 0.6) is 0 Å². The third-order valence-corrected chi connectivity index (χ3v) is 7.97. The number of carbonyl (C=O) groups is 2. The van der Waals surface area contributed by atoms with Crippen molar-refractivity contribution < 1.29 is 43.4 Å². The first-order chi connectivity index (χ1) is 15.7. The van der Waals surface area contributed by atoms with Crippen LogP contribution in [-0.4, -0.2) is 54.2 Å². The van der Waals surface area contributed by atoms with Gasteiger partial charge in [-0.05, 0) is 57.3 Å². The normalized spacial score (nSPS) is 41.8. The van der Waals surface area contributed by atoms with Crippen molar-refractivity contribution in [3.8, 4) is 0 Å². The second kappa shape index (κ2) is 10.2. The fourth-order valence-corrected chi connectivity index (χ4v) is 6.11. The van der Waals surface area contributed by atoms with E-state index in [4.69, 9.17) is 33.8 Å². The summed E-state index contributed by atoms with van der Waals surface area (Å²) in [7, 11) is 0. The van der Waals surface area contributed by atoms with Crippen LogP contribution in [0.25, 0.3) is 0 Å². The van der Waals surface area contributed by atoms with Gasteiger partial charge >= 0.3 is 11.9 Å². The molecule has 5 aliphatic rings. The number of unbranched alkanes of at least 4 members (excludes halogenated alkanes) is 2. The number of hydrogen-bond donors (Lipinski definition) is 1. The fraction of sp³-hybridized carbons (Fsp3) is 0.917. The van der Waals surface area contributed by atoms with Gasteiger partial charge in [-0.2, -0.15) is 0 Å². The van der Waals surface area contributed by atoms with Gasteiger partial charge in [-0.25, -0.2) is 9.78 Å². The molecule has 4 heterocycles. The molecule has 0 aromatic carbocycles. The first-order valence-corrected chi connectivity index (χ1v) is 12.4. The van der Waals surface area contributed by atoms with Gasteiger partial charge in [0.1, 0.15) is 0 Å². The average Bonchev–Trinajstić information content (AvgIpc) is 3.00. The highest BCUT2D eigenvalue weighted by molar-refractivity contribution is 5.76. The predicted octanol–water partition coefficient (Wildman–Crippen LogP) is 3.79. The number of ether oxygens (including phenoxy) is 4. The summed E-state index contributed by atoms with van der Waals surface area (Å²) in [5.41, 5.74) is -0.572. The predicted molar refractivity (Wildman–Crippen MR) is 114 cm³/mol. The van der Waals surface area contributed by atoms with Crippen molar-refractivity contribution in [3.05, 3.63) is 0 Å². The molecule has 1 aliphatic carbocycles. The van der Waals surface area contributed by atoms with Crippen LogP contribution in [0.4, 0.5) is 0 Å². The van der Waals surface area contributed by atoms with Crippen LogP contribution < -0.4 is 0 Å². The number of hydrogen-bond acceptors (Lipinski definition) is 8. The molecule has 1 spiro atoms. The van der Waals surface area contributed by atoms with Crippen LogP contribution >= 0.6 is 0 Å². The van der Waals surface area contributed by atoms with Crippen molar-refractivity contribution >= 4 is 11.9 Å². The minimum atomic E-state index is -0.997. The van der Waals surface area contributed by atoms with Crippen molar-refractivity contribution in [1.29, 1.82) is 0 Å². The highest BCUT2D eigenvalue weighted by atomic mass is 17.3. The van der Waals surface area contributed by atoms with Crippen molar-refractivity contribution in [2.75, 3.05) is 13.2 Å². The Labute approximate surface area is 195 Å². The first-order valence-electron chi connectivity index (χ1n) is 12.4. The summed E-state index contributed by atoms with van der Waals surface area (Å²) >= 11 is 0. The smallest absolute Gasteiger partial charge is 0.306 e.